The quantitative estimate of drug-likeness (QED) is 0.310. The van der Waals surface area contributed by atoms with Crippen molar-refractivity contribution >= 4 is 47.0 Å². The predicted molar refractivity (Wildman–Crippen MR) is 135 cm³/mol. The summed E-state index contributed by atoms with van der Waals surface area (Å²) in [6.07, 6.45) is 1.80. The molecule has 1 aromatic rings. The fraction of sp³-hybridized carbons (Fsp3) is 0.542. The average molecular weight is 506 g/mol. The minimum atomic E-state index is -0.873. The first-order chi connectivity index (χ1) is 16.6. The van der Waals surface area contributed by atoms with E-state index in [-0.39, 0.29) is 43.0 Å². The first-order valence-electron chi connectivity index (χ1n) is 11.6. The Bertz CT molecular complexity index is 937. The van der Waals surface area contributed by atoms with Gasteiger partial charge in [0.2, 0.25) is 29.5 Å². The summed E-state index contributed by atoms with van der Waals surface area (Å²) in [7, 11) is 1.85. The number of amides is 5. The number of hydrogen-bond donors (Lipinski definition) is 4. The van der Waals surface area contributed by atoms with Crippen molar-refractivity contribution in [2.75, 3.05) is 25.2 Å². The van der Waals surface area contributed by atoms with Crippen molar-refractivity contribution in [3.8, 4) is 0 Å². The molecule has 0 bridgehead atoms. The number of nitrogens with one attached hydrogen (secondary N) is 4. The van der Waals surface area contributed by atoms with Gasteiger partial charge in [0.15, 0.2) is 0 Å². The maximum Gasteiger partial charge on any atom is 0.246 e. The van der Waals surface area contributed by atoms with Crippen LogP contribution in [0.4, 0.5) is 5.69 Å². The number of rotatable bonds is 12. The van der Waals surface area contributed by atoms with Crippen molar-refractivity contribution in [1.82, 2.24) is 20.9 Å². The second kappa shape index (κ2) is 13.2. The van der Waals surface area contributed by atoms with E-state index in [4.69, 9.17) is 0 Å². The molecule has 0 aliphatic carbocycles. The van der Waals surface area contributed by atoms with Gasteiger partial charge in [-0.1, -0.05) is 26.0 Å². The van der Waals surface area contributed by atoms with Gasteiger partial charge in [-0.05, 0) is 43.8 Å². The second-order valence-electron chi connectivity index (χ2n) is 8.80. The fourth-order valence-corrected chi connectivity index (χ4v) is 4.23. The third-order valence-electron chi connectivity index (χ3n) is 5.67. The van der Waals surface area contributed by atoms with E-state index in [0.717, 1.165) is 10.5 Å². The van der Waals surface area contributed by atoms with Gasteiger partial charge in [0.05, 0.1) is 5.25 Å². The number of carbonyl (C=O) groups excluding carboxylic acids is 5. The van der Waals surface area contributed by atoms with Gasteiger partial charge in [0, 0.05) is 31.6 Å². The zero-order chi connectivity index (χ0) is 26.1. The Morgan fingerprint density at radius 3 is 2.26 bits per heavy atom. The Morgan fingerprint density at radius 1 is 1.06 bits per heavy atom. The SMILES string of the molecule is CNCc1ccc(NC(=O)[C@H](C)NC(=O)[C@@H](NC(=O)CCN2C(=O)CC(SC)C2=O)C(C)C)cc1. The highest BCUT2D eigenvalue weighted by molar-refractivity contribution is 8.00. The standard InChI is InChI=1S/C24H35N5O5S/c1-14(2)21(28-19(30)10-11-29-20(31)12-18(35-5)24(29)34)23(33)26-15(3)22(32)27-17-8-6-16(7-9-17)13-25-4/h6-9,14-15,18,21,25H,10-13H2,1-5H3,(H,26,33)(H,27,32)(H,28,30)/t15-,18?,21-/m0/s1. The molecule has 1 unspecified atom stereocenters. The summed E-state index contributed by atoms with van der Waals surface area (Å²) >= 11 is 1.31. The van der Waals surface area contributed by atoms with Gasteiger partial charge >= 0.3 is 0 Å². The highest BCUT2D eigenvalue weighted by atomic mass is 32.2. The zero-order valence-electron chi connectivity index (χ0n) is 20.8. The van der Waals surface area contributed by atoms with Gasteiger partial charge in [-0.15, -0.1) is 0 Å². The highest BCUT2D eigenvalue weighted by Crippen LogP contribution is 2.23. The smallest absolute Gasteiger partial charge is 0.246 e. The first kappa shape index (κ1) is 28.3. The molecule has 4 N–H and O–H groups in total. The molecule has 11 heteroatoms. The van der Waals surface area contributed by atoms with Gasteiger partial charge < -0.3 is 21.3 Å². The van der Waals surface area contributed by atoms with Crippen molar-refractivity contribution in [1.29, 1.82) is 0 Å². The van der Waals surface area contributed by atoms with Gasteiger partial charge in [0.25, 0.3) is 0 Å². The molecule has 0 saturated carbocycles. The number of imide groups is 1. The molecule has 1 saturated heterocycles. The summed E-state index contributed by atoms with van der Waals surface area (Å²) in [6.45, 7) is 5.80. The minimum Gasteiger partial charge on any atom is -0.344 e. The van der Waals surface area contributed by atoms with Crippen molar-refractivity contribution < 1.29 is 24.0 Å². The summed E-state index contributed by atoms with van der Waals surface area (Å²) in [5.74, 6) is -2.16. The van der Waals surface area contributed by atoms with Crippen LogP contribution >= 0.6 is 11.8 Å². The van der Waals surface area contributed by atoms with Crippen LogP contribution in [-0.2, 0) is 30.5 Å². The van der Waals surface area contributed by atoms with Crippen LogP contribution in [0.15, 0.2) is 24.3 Å². The largest absolute Gasteiger partial charge is 0.344 e. The summed E-state index contributed by atoms with van der Waals surface area (Å²) in [4.78, 5) is 63.2. The van der Waals surface area contributed by atoms with Crippen molar-refractivity contribution in [3.63, 3.8) is 0 Å². The molecule has 5 amide bonds. The molecule has 0 aromatic heterocycles. The van der Waals surface area contributed by atoms with Crippen LogP contribution in [0, 0.1) is 5.92 Å². The average Bonchev–Trinajstić information content (AvgIpc) is 3.09. The molecule has 35 heavy (non-hydrogen) atoms. The number of likely N-dealkylation sites (tertiary alicyclic amines) is 1. The van der Waals surface area contributed by atoms with Gasteiger partial charge in [-0.2, -0.15) is 11.8 Å². The minimum absolute atomic E-state index is 0.0289. The Hall–Kier alpha value is -2.92. The summed E-state index contributed by atoms with van der Waals surface area (Å²) < 4.78 is 0. The van der Waals surface area contributed by atoms with E-state index in [1.54, 1.807) is 39.2 Å². The van der Waals surface area contributed by atoms with E-state index < -0.39 is 29.1 Å². The molecule has 1 aromatic carbocycles. The first-order valence-corrected chi connectivity index (χ1v) is 12.9. The lowest BCUT2D eigenvalue weighted by atomic mass is 10.0. The van der Waals surface area contributed by atoms with Gasteiger partial charge in [0.1, 0.15) is 12.1 Å². The normalized spacial score (nSPS) is 17.3. The van der Waals surface area contributed by atoms with E-state index in [1.807, 2.05) is 19.2 Å². The topological polar surface area (TPSA) is 137 Å². The summed E-state index contributed by atoms with van der Waals surface area (Å²) in [6, 6.07) is 5.65. The van der Waals surface area contributed by atoms with E-state index in [2.05, 4.69) is 21.3 Å². The molecule has 1 aliphatic heterocycles. The van der Waals surface area contributed by atoms with E-state index in [1.165, 1.54) is 11.8 Å². The van der Waals surface area contributed by atoms with Crippen molar-refractivity contribution in [2.24, 2.45) is 5.92 Å². The zero-order valence-corrected chi connectivity index (χ0v) is 21.7. The monoisotopic (exact) mass is 505 g/mol. The van der Waals surface area contributed by atoms with Crippen LogP contribution in [0.5, 0.6) is 0 Å². The molecular formula is C24H35N5O5S. The predicted octanol–water partition coefficient (Wildman–Crippen LogP) is 0.871. The molecule has 2 rings (SSSR count). The number of carbonyl (C=O) groups is 5. The van der Waals surface area contributed by atoms with E-state index in [0.29, 0.717) is 12.2 Å². The van der Waals surface area contributed by atoms with Gasteiger partial charge in [-0.3, -0.25) is 28.9 Å². The Labute approximate surface area is 210 Å². The van der Waals surface area contributed by atoms with E-state index in [9.17, 15) is 24.0 Å². The lowest BCUT2D eigenvalue weighted by Gasteiger charge is -2.24. The Balaban J connectivity index is 1.88. The van der Waals surface area contributed by atoms with Crippen LogP contribution in [0.3, 0.4) is 0 Å². The lowest BCUT2D eigenvalue weighted by Crippen LogP contribution is -2.54. The maximum atomic E-state index is 12.8. The second-order valence-corrected chi connectivity index (χ2v) is 9.84. The van der Waals surface area contributed by atoms with Crippen LogP contribution < -0.4 is 21.3 Å². The highest BCUT2D eigenvalue weighted by Gasteiger charge is 2.38. The third-order valence-corrected chi connectivity index (χ3v) is 6.61. The van der Waals surface area contributed by atoms with E-state index >= 15 is 0 Å². The van der Waals surface area contributed by atoms with Crippen LogP contribution in [0.25, 0.3) is 0 Å². The molecule has 192 valence electrons. The fourth-order valence-electron chi connectivity index (χ4n) is 3.60. The Kier molecular flexibility index (Phi) is 10.7. The van der Waals surface area contributed by atoms with Crippen molar-refractivity contribution in [2.45, 2.75) is 57.5 Å². The summed E-state index contributed by atoms with van der Waals surface area (Å²) in [5, 5.41) is 10.7. The molecule has 0 spiro atoms. The van der Waals surface area contributed by atoms with Crippen LogP contribution in [0.1, 0.15) is 39.2 Å². The van der Waals surface area contributed by atoms with Crippen molar-refractivity contribution in [3.05, 3.63) is 29.8 Å². The van der Waals surface area contributed by atoms with Crippen LogP contribution in [-0.4, -0.2) is 71.6 Å². The number of benzene rings is 1. The number of hydrogen-bond acceptors (Lipinski definition) is 7. The van der Waals surface area contributed by atoms with Gasteiger partial charge in [-0.25, -0.2) is 0 Å². The maximum absolute atomic E-state index is 12.8. The van der Waals surface area contributed by atoms with Crippen LogP contribution in [0.2, 0.25) is 0 Å². The molecule has 1 fully saturated rings. The molecular weight excluding hydrogens is 470 g/mol. The molecule has 1 heterocycles. The third kappa shape index (κ3) is 8.07. The summed E-state index contributed by atoms with van der Waals surface area (Å²) in [5.41, 5.74) is 1.68. The molecule has 10 nitrogen and oxygen atoms in total. The lowest BCUT2D eigenvalue weighted by molar-refractivity contribution is -0.139. The molecule has 3 atom stereocenters. The number of thioether (sulfide) groups is 1. The molecule has 1 aliphatic rings. The number of nitrogens with zero attached hydrogens (tertiary/aromatic N) is 1. The Morgan fingerprint density at radius 2 is 1.71 bits per heavy atom. The molecule has 0 radical (unpaired) electrons. The number of anilines is 1.